The van der Waals surface area contributed by atoms with Crippen LogP contribution in [0, 0.1) is 23.2 Å². The number of hydrogen-bond acceptors (Lipinski definition) is 3. The molecule has 3 aromatic rings. The van der Waals surface area contributed by atoms with Gasteiger partial charge in [-0.2, -0.15) is 0 Å². The van der Waals surface area contributed by atoms with Crippen LogP contribution in [0.15, 0.2) is 48.5 Å². The molecule has 5 nitrogen and oxygen atoms in total. The SMILES string of the molecule is CC(C)c1ccc(OCCCCn2c(CCNC(=O)C34CC5CC(CC(C5)C3)C4)nc3ccccc32)cc1. The highest BCUT2D eigenvalue weighted by Crippen LogP contribution is 2.60. The average Bonchev–Trinajstić information content (AvgIpc) is 3.25. The molecule has 4 aliphatic rings. The third kappa shape index (κ3) is 5.21. The van der Waals surface area contributed by atoms with Crippen molar-refractivity contribution in [2.75, 3.05) is 13.2 Å². The molecular formula is C33H43N3O2. The second-order valence-corrected chi connectivity index (χ2v) is 12.7. The maximum absolute atomic E-state index is 13.4. The molecule has 0 spiro atoms. The number of carbonyl (C=O) groups is 1. The number of carbonyl (C=O) groups excluding carboxylic acids is 1. The fourth-order valence-electron chi connectivity index (χ4n) is 7.94. The van der Waals surface area contributed by atoms with Crippen molar-refractivity contribution in [2.45, 2.75) is 84.1 Å². The van der Waals surface area contributed by atoms with Crippen LogP contribution in [0.2, 0.25) is 0 Å². The zero-order valence-corrected chi connectivity index (χ0v) is 23.1. The van der Waals surface area contributed by atoms with Crippen molar-refractivity contribution in [3.63, 3.8) is 0 Å². The van der Waals surface area contributed by atoms with Gasteiger partial charge >= 0.3 is 0 Å². The number of aryl methyl sites for hydroxylation is 1. The van der Waals surface area contributed by atoms with Gasteiger partial charge in [0, 0.05) is 24.9 Å². The van der Waals surface area contributed by atoms with Crippen molar-refractivity contribution >= 4 is 16.9 Å². The molecule has 4 aliphatic carbocycles. The Bertz CT molecular complexity index is 1220. The average molecular weight is 514 g/mol. The summed E-state index contributed by atoms with van der Waals surface area (Å²) in [4.78, 5) is 18.4. The van der Waals surface area contributed by atoms with Crippen LogP contribution in [0.25, 0.3) is 11.0 Å². The molecule has 4 fully saturated rings. The van der Waals surface area contributed by atoms with Crippen molar-refractivity contribution in [3.05, 3.63) is 59.9 Å². The Hall–Kier alpha value is -2.82. The highest BCUT2D eigenvalue weighted by atomic mass is 16.5. The second-order valence-electron chi connectivity index (χ2n) is 12.7. The number of benzene rings is 2. The highest BCUT2D eigenvalue weighted by molar-refractivity contribution is 5.83. The number of nitrogens with zero attached hydrogens (tertiary/aromatic N) is 2. The number of aromatic nitrogens is 2. The van der Waals surface area contributed by atoms with Crippen LogP contribution in [0.3, 0.4) is 0 Å². The molecule has 38 heavy (non-hydrogen) atoms. The number of rotatable bonds is 11. The van der Waals surface area contributed by atoms with Gasteiger partial charge in [-0.1, -0.05) is 38.1 Å². The van der Waals surface area contributed by atoms with Crippen molar-refractivity contribution < 1.29 is 9.53 Å². The molecule has 0 radical (unpaired) electrons. The summed E-state index contributed by atoms with van der Waals surface area (Å²) < 4.78 is 8.35. The Kier molecular flexibility index (Phi) is 7.20. The van der Waals surface area contributed by atoms with Gasteiger partial charge in [-0.15, -0.1) is 0 Å². The van der Waals surface area contributed by atoms with Crippen molar-refractivity contribution in [2.24, 2.45) is 23.2 Å². The third-order valence-electron chi connectivity index (χ3n) is 9.48. The van der Waals surface area contributed by atoms with E-state index in [0.29, 0.717) is 25.0 Å². The molecule has 1 aromatic heterocycles. The molecule has 5 heteroatoms. The number of hydrogen-bond donors (Lipinski definition) is 1. The molecule has 1 heterocycles. The van der Waals surface area contributed by atoms with E-state index in [1.54, 1.807) is 0 Å². The molecule has 202 valence electrons. The Morgan fingerprint density at radius 1 is 1.00 bits per heavy atom. The molecule has 0 saturated heterocycles. The van der Waals surface area contributed by atoms with Crippen molar-refractivity contribution in [1.29, 1.82) is 0 Å². The molecule has 1 amide bonds. The maximum atomic E-state index is 13.4. The molecule has 0 aliphatic heterocycles. The first-order valence-electron chi connectivity index (χ1n) is 14.9. The summed E-state index contributed by atoms with van der Waals surface area (Å²) >= 11 is 0. The van der Waals surface area contributed by atoms with Gasteiger partial charge in [0.2, 0.25) is 5.91 Å². The van der Waals surface area contributed by atoms with Crippen molar-refractivity contribution in [3.8, 4) is 5.75 Å². The zero-order chi connectivity index (χ0) is 26.1. The minimum absolute atomic E-state index is 0.0794. The van der Waals surface area contributed by atoms with Gasteiger partial charge in [-0.25, -0.2) is 4.98 Å². The first-order valence-corrected chi connectivity index (χ1v) is 14.9. The van der Waals surface area contributed by atoms with Gasteiger partial charge in [0.15, 0.2) is 0 Å². The van der Waals surface area contributed by atoms with Crippen LogP contribution >= 0.6 is 0 Å². The lowest BCUT2D eigenvalue weighted by molar-refractivity contribution is -0.146. The van der Waals surface area contributed by atoms with Gasteiger partial charge < -0.3 is 14.6 Å². The van der Waals surface area contributed by atoms with E-state index in [1.807, 2.05) is 0 Å². The lowest BCUT2D eigenvalue weighted by Gasteiger charge is -2.55. The lowest BCUT2D eigenvalue weighted by atomic mass is 9.49. The molecule has 7 rings (SSSR count). The number of nitrogens with one attached hydrogen (secondary N) is 1. The summed E-state index contributed by atoms with van der Waals surface area (Å²) in [6.45, 7) is 6.71. The number of unbranched alkanes of at least 4 members (excludes halogenated alkanes) is 1. The fourth-order valence-corrected chi connectivity index (χ4v) is 7.94. The predicted molar refractivity (Wildman–Crippen MR) is 152 cm³/mol. The van der Waals surface area contributed by atoms with E-state index in [2.05, 4.69) is 72.3 Å². The number of ether oxygens (including phenoxy) is 1. The minimum atomic E-state index is -0.0794. The normalized spacial score (nSPS) is 25.8. The van der Waals surface area contributed by atoms with E-state index in [4.69, 9.17) is 9.72 Å². The van der Waals surface area contributed by atoms with E-state index < -0.39 is 0 Å². The monoisotopic (exact) mass is 513 g/mol. The number of imidazole rings is 1. The van der Waals surface area contributed by atoms with Crippen LogP contribution in [-0.4, -0.2) is 28.6 Å². The minimum Gasteiger partial charge on any atom is -0.494 e. The first-order chi connectivity index (χ1) is 18.5. The Labute approximate surface area is 227 Å². The summed E-state index contributed by atoms with van der Waals surface area (Å²) in [6.07, 6.45) is 10.2. The highest BCUT2D eigenvalue weighted by Gasteiger charge is 2.54. The standard InChI is InChI=1S/C33H43N3O2/c1-23(2)27-9-11-28(12-10-27)38-16-6-5-15-36-30-8-4-3-7-29(30)35-31(36)13-14-34-32(37)33-20-24-17-25(21-33)19-26(18-24)22-33/h3-4,7-12,23-26H,5-6,13-22H2,1-2H3,(H,34,37). The van der Waals surface area contributed by atoms with Crippen molar-refractivity contribution in [1.82, 2.24) is 14.9 Å². The smallest absolute Gasteiger partial charge is 0.226 e. The van der Waals surface area contributed by atoms with Gasteiger partial charge in [0.1, 0.15) is 11.6 Å². The maximum Gasteiger partial charge on any atom is 0.226 e. The number of para-hydroxylation sites is 2. The van der Waals surface area contributed by atoms with Crippen LogP contribution < -0.4 is 10.1 Å². The van der Waals surface area contributed by atoms with Crippen LogP contribution in [0.1, 0.15) is 82.5 Å². The summed E-state index contributed by atoms with van der Waals surface area (Å²) in [5, 5.41) is 3.35. The van der Waals surface area contributed by atoms with E-state index >= 15 is 0 Å². The number of fused-ring (bicyclic) bond motifs is 1. The Balaban J connectivity index is 1.03. The topological polar surface area (TPSA) is 56.1 Å². The predicted octanol–water partition coefficient (Wildman–Crippen LogP) is 6.89. The number of amides is 1. The van der Waals surface area contributed by atoms with Gasteiger partial charge in [-0.3, -0.25) is 4.79 Å². The van der Waals surface area contributed by atoms with E-state index in [9.17, 15) is 4.79 Å². The largest absolute Gasteiger partial charge is 0.494 e. The fraction of sp³-hybridized carbons (Fsp3) is 0.576. The molecule has 4 bridgehead atoms. The molecular weight excluding hydrogens is 470 g/mol. The Morgan fingerprint density at radius 3 is 2.37 bits per heavy atom. The van der Waals surface area contributed by atoms with E-state index in [-0.39, 0.29) is 5.41 Å². The molecule has 4 saturated carbocycles. The van der Waals surface area contributed by atoms with E-state index in [0.717, 1.165) is 79.9 Å². The lowest BCUT2D eigenvalue weighted by Crippen LogP contribution is -2.53. The van der Waals surface area contributed by atoms with Crippen LogP contribution in [-0.2, 0) is 17.8 Å². The molecule has 2 aromatic carbocycles. The van der Waals surface area contributed by atoms with Crippen LogP contribution in [0.5, 0.6) is 5.75 Å². The third-order valence-corrected chi connectivity index (χ3v) is 9.48. The zero-order valence-electron chi connectivity index (χ0n) is 23.1. The summed E-state index contributed by atoms with van der Waals surface area (Å²) in [5.74, 6) is 5.24. The Morgan fingerprint density at radius 2 is 1.68 bits per heavy atom. The van der Waals surface area contributed by atoms with Gasteiger partial charge in [0.25, 0.3) is 0 Å². The van der Waals surface area contributed by atoms with Gasteiger partial charge in [0.05, 0.1) is 17.6 Å². The molecule has 1 N–H and O–H groups in total. The summed E-state index contributed by atoms with van der Waals surface area (Å²) in [5.41, 5.74) is 3.48. The summed E-state index contributed by atoms with van der Waals surface area (Å²) in [7, 11) is 0. The first kappa shape index (κ1) is 25.5. The quantitative estimate of drug-likeness (QED) is 0.284. The van der Waals surface area contributed by atoms with E-state index in [1.165, 1.54) is 30.3 Å². The van der Waals surface area contributed by atoms with Crippen LogP contribution in [0.4, 0.5) is 0 Å². The molecule has 0 atom stereocenters. The summed E-state index contributed by atoms with van der Waals surface area (Å²) in [6, 6.07) is 16.9. The van der Waals surface area contributed by atoms with Gasteiger partial charge in [-0.05, 0) is 105 Å². The second kappa shape index (κ2) is 10.7. The molecule has 0 unspecified atom stereocenters.